The van der Waals surface area contributed by atoms with Crippen molar-refractivity contribution in [2.24, 2.45) is 0 Å². The van der Waals surface area contributed by atoms with Crippen molar-refractivity contribution in [3.8, 4) is 0 Å². The highest BCUT2D eigenvalue weighted by molar-refractivity contribution is 7.98. The molecule has 92 valence electrons. The van der Waals surface area contributed by atoms with Crippen LogP contribution in [0.25, 0.3) is 0 Å². The third-order valence-corrected chi connectivity index (χ3v) is 3.42. The van der Waals surface area contributed by atoms with Crippen molar-refractivity contribution < 1.29 is 4.79 Å². The summed E-state index contributed by atoms with van der Waals surface area (Å²) in [7, 11) is 0. The van der Waals surface area contributed by atoms with E-state index in [1.807, 2.05) is 18.2 Å². The van der Waals surface area contributed by atoms with Crippen LogP contribution in [0.3, 0.4) is 0 Å². The van der Waals surface area contributed by atoms with E-state index in [0.717, 1.165) is 24.2 Å². The fourth-order valence-electron chi connectivity index (χ4n) is 1.69. The van der Waals surface area contributed by atoms with Gasteiger partial charge in [-0.05, 0) is 24.7 Å². The van der Waals surface area contributed by atoms with Gasteiger partial charge in [0, 0.05) is 11.8 Å². The summed E-state index contributed by atoms with van der Waals surface area (Å²) in [5, 5.41) is 5.99. The van der Waals surface area contributed by atoms with Gasteiger partial charge in [0.15, 0.2) is 0 Å². The number of hydrogen-bond donors (Lipinski definition) is 2. The van der Waals surface area contributed by atoms with Crippen molar-refractivity contribution in [3.05, 3.63) is 35.9 Å². The molecule has 0 saturated heterocycles. The topological polar surface area (TPSA) is 41.1 Å². The van der Waals surface area contributed by atoms with E-state index in [-0.39, 0.29) is 12.1 Å². The Morgan fingerprint density at radius 3 is 2.71 bits per heavy atom. The minimum Gasteiger partial charge on any atom is -0.335 e. The average Bonchev–Trinajstić information content (AvgIpc) is 3.13. The summed E-state index contributed by atoms with van der Waals surface area (Å²) in [6, 6.07) is 10.5. The molecule has 2 amide bonds. The molecule has 1 aliphatic carbocycles. The van der Waals surface area contributed by atoms with Crippen LogP contribution in [-0.2, 0) is 0 Å². The van der Waals surface area contributed by atoms with Crippen molar-refractivity contribution in [1.82, 2.24) is 10.6 Å². The van der Waals surface area contributed by atoms with Gasteiger partial charge in [0.25, 0.3) is 0 Å². The minimum atomic E-state index is -0.0459. The molecular weight excluding hydrogens is 232 g/mol. The third kappa shape index (κ3) is 3.97. The molecule has 2 rings (SSSR count). The number of benzene rings is 1. The SMILES string of the molecule is CSCC(NC(=O)NC1CC1)c1ccccc1. The van der Waals surface area contributed by atoms with E-state index in [1.165, 1.54) is 0 Å². The molecule has 1 atom stereocenters. The molecule has 1 unspecified atom stereocenters. The lowest BCUT2D eigenvalue weighted by Crippen LogP contribution is -2.39. The van der Waals surface area contributed by atoms with Gasteiger partial charge in [0.1, 0.15) is 0 Å². The van der Waals surface area contributed by atoms with Crippen molar-refractivity contribution in [1.29, 1.82) is 0 Å². The summed E-state index contributed by atoms with van der Waals surface area (Å²) in [4.78, 5) is 11.7. The van der Waals surface area contributed by atoms with E-state index in [9.17, 15) is 4.79 Å². The second kappa shape index (κ2) is 5.96. The molecular formula is C13H18N2OS. The van der Waals surface area contributed by atoms with Gasteiger partial charge >= 0.3 is 6.03 Å². The number of nitrogens with one attached hydrogen (secondary N) is 2. The van der Waals surface area contributed by atoms with Gasteiger partial charge in [-0.1, -0.05) is 30.3 Å². The molecule has 1 aromatic rings. The molecule has 1 aliphatic rings. The Bertz CT molecular complexity index is 365. The molecule has 17 heavy (non-hydrogen) atoms. The highest BCUT2D eigenvalue weighted by Crippen LogP contribution is 2.20. The quantitative estimate of drug-likeness (QED) is 0.843. The van der Waals surface area contributed by atoms with Crippen LogP contribution in [0.2, 0.25) is 0 Å². The van der Waals surface area contributed by atoms with E-state index in [4.69, 9.17) is 0 Å². The van der Waals surface area contributed by atoms with E-state index < -0.39 is 0 Å². The Hall–Kier alpha value is -1.16. The summed E-state index contributed by atoms with van der Waals surface area (Å²) in [5.74, 6) is 0.891. The smallest absolute Gasteiger partial charge is 0.315 e. The van der Waals surface area contributed by atoms with Crippen LogP contribution in [0.4, 0.5) is 4.79 Å². The Balaban J connectivity index is 1.94. The molecule has 0 aliphatic heterocycles. The fourth-order valence-corrected chi connectivity index (χ4v) is 2.30. The van der Waals surface area contributed by atoms with Gasteiger partial charge in [-0.15, -0.1) is 0 Å². The maximum absolute atomic E-state index is 11.7. The Morgan fingerprint density at radius 2 is 2.12 bits per heavy atom. The zero-order chi connectivity index (χ0) is 12.1. The summed E-state index contributed by atoms with van der Waals surface area (Å²) in [5.41, 5.74) is 1.16. The van der Waals surface area contributed by atoms with Crippen LogP contribution < -0.4 is 10.6 Å². The van der Waals surface area contributed by atoms with E-state index in [2.05, 4.69) is 29.0 Å². The van der Waals surface area contributed by atoms with Gasteiger partial charge in [0.05, 0.1) is 6.04 Å². The van der Waals surface area contributed by atoms with Crippen LogP contribution >= 0.6 is 11.8 Å². The molecule has 0 spiro atoms. The largest absolute Gasteiger partial charge is 0.335 e. The Labute approximate surface area is 106 Å². The lowest BCUT2D eigenvalue weighted by Gasteiger charge is -2.18. The molecule has 0 aromatic heterocycles. The predicted octanol–water partition coefficient (Wildman–Crippen LogP) is 2.55. The second-order valence-corrected chi connectivity index (χ2v) is 5.22. The lowest BCUT2D eigenvalue weighted by molar-refractivity contribution is 0.237. The first-order valence-electron chi connectivity index (χ1n) is 5.90. The predicted molar refractivity (Wildman–Crippen MR) is 72.3 cm³/mol. The summed E-state index contributed by atoms with van der Waals surface area (Å²) in [6.45, 7) is 0. The monoisotopic (exact) mass is 250 g/mol. The van der Waals surface area contributed by atoms with Crippen LogP contribution in [0.5, 0.6) is 0 Å². The van der Waals surface area contributed by atoms with E-state index in [0.29, 0.717) is 6.04 Å². The van der Waals surface area contributed by atoms with Crippen LogP contribution in [-0.4, -0.2) is 24.1 Å². The lowest BCUT2D eigenvalue weighted by atomic mass is 10.1. The maximum Gasteiger partial charge on any atom is 0.315 e. The number of amides is 2. The van der Waals surface area contributed by atoms with Crippen molar-refractivity contribution >= 4 is 17.8 Å². The highest BCUT2D eigenvalue weighted by atomic mass is 32.2. The fraction of sp³-hybridized carbons (Fsp3) is 0.462. The molecule has 0 bridgehead atoms. The van der Waals surface area contributed by atoms with Gasteiger partial charge in [0.2, 0.25) is 0 Å². The first-order valence-corrected chi connectivity index (χ1v) is 7.30. The van der Waals surface area contributed by atoms with Crippen LogP contribution in [0.15, 0.2) is 30.3 Å². The third-order valence-electron chi connectivity index (χ3n) is 2.75. The molecule has 1 saturated carbocycles. The minimum absolute atomic E-state index is 0.0459. The summed E-state index contributed by atoms with van der Waals surface area (Å²) < 4.78 is 0. The maximum atomic E-state index is 11.7. The number of hydrogen-bond acceptors (Lipinski definition) is 2. The zero-order valence-electron chi connectivity index (χ0n) is 9.98. The van der Waals surface area contributed by atoms with Crippen LogP contribution in [0, 0.1) is 0 Å². The molecule has 1 fully saturated rings. The van der Waals surface area contributed by atoms with Gasteiger partial charge in [-0.2, -0.15) is 11.8 Å². The van der Waals surface area contributed by atoms with E-state index >= 15 is 0 Å². The second-order valence-electron chi connectivity index (χ2n) is 4.31. The number of urea groups is 1. The molecule has 4 heteroatoms. The van der Waals surface area contributed by atoms with Crippen molar-refractivity contribution in [3.63, 3.8) is 0 Å². The van der Waals surface area contributed by atoms with Crippen molar-refractivity contribution in [2.75, 3.05) is 12.0 Å². The summed E-state index contributed by atoms with van der Waals surface area (Å²) in [6.07, 6.45) is 4.29. The molecule has 0 radical (unpaired) electrons. The molecule has 3 nitrogen and oxygen atoms in total. The molecule has 0 heterocycles. The number of thioether (sulfide) groups is 1. The number of carbonyl (C=O) groups excluding carboxylic acids is 1. The van der Waals surface area contributed by atoms with Gasteiger partial charge in [-0.3, -0.25) is 0 Å². The Morgan fingerprint density at radius 1 is 1.41 bits per heavy atom. The average molecular weight is 250 g/mol. The molecule has 2 N–H and O–H groups in total. The normalized spacial score (nSPS) is 16.3. The first-order chi connectivity index (χ1) is 8.29. The van der Waals surface area contributed by atoms with Gasteiger partial charge in [-0.25, -0.2) is 4.79 Å². The number of carbonyl (C=O) groups is 1. The Kier molecular flexibility index (Phi) is 4.31. The highest BCUT2D eigenvalue weighted by Gasteiger charge is 2.24. The summed E-state index contributed by atoms with van der Waals surface area (Å²) >= 11 is 1.74. The van der Waals surface area contributed by atoms with Gasteiger partial charge < -0.3 is 10.6 Å². The van der Waals surface area contributed by atoms with Crippen LogP contribution in [0.1, 0.15) is 24.4 Å². The standard InChI is InChI=1S/C13H18N2OS/c1-17-9-12(10-5-3-2-4-6-10)15-13(16)14-11-7-8-11/h2-6,11-12H,7-9H2,1H3,(H2,14,15,16). The van der Waals surface area contributed by atoms with Crippen molar-refractivity contribution in [2.45, 2.75) is 24.9 Å². The molecule has 1 aromatic carbocycles. The number of rotatable bonds is 5. The zero-order valence-corrected chi connectivity index (χ0v) is 10.8. The van der Waals surface area contributed by atoms with E-state index in [1.54, 1.807) is 11.8 Å². The first kappa shape index (κ1) is 12.3.